The second-order valence-electron chi connectivity index (χ2n) is 4.88. The molecule has 2 rings (SSSR count). The molecule has 5 nitrogen and oxygen atoms in total. The molecule has 0 bridgehead atoms. The minimum Gasteiger partial charge on any atom is -0.479 e. The third-order valence-corrected chi connectivity index (χ3v) is 3.46. The number of benzene rings is 2. The largest absolute Gasteiger partial charge is 0.479 e. The zero-order valence-electron chi connectivity index (χ0n) is 12.8. The Kier molecular flexibility index (Phi) is 6.31. The van der Waals surface area contributed by atoms with E-state index in [1.165, 1.54) is 31.2 Å². The summed E-state index contributed by atoms with van der Waals surface area (Å²) in [6.07, 6.45) is -0.857. The average Bonchev–Trinajstić information content (AvgIpc) is 2.57. The number of esters is 1. The van der Waals surface area contributed by atoms with Crippen LogP contribution in [0.25, 0.3) is 0 Å². The second-order valence-corrected chi connectivity index (χ2v) is 5.79. The van der Waals surface area contributed by atoms with Gasteiger partial charge in [0, 0.05) is 10.2 Å². The van der Waals surface area contributed by atoms with Crippen molar-refractivity contribution in [3.8, 4) is 5.75 Å². The van der Waals surface area contributed by atoms with Crippen molar-refractivity contribution in [2.24, 2.45) is 0 Å². The highest BCUT2D eigenvalue weighted by Gasteiger charge is 2.17. The third kappa shape index (κ3) is 5.66. The summed E-state index contributed by atoms with van der Waals surface area (Å²) in [6, 6.07) is 12.2. The van der Waals surface area contributed by atoms with E-state index in [1.54, 1.807) is 24.3 Å². The summed E-state index contributed by atoms with van der Waals surface area (Å²) >= 11 is 3.30. The minimum atomic E-state index is -0.857. The van der Waals surface area contributed by atoms with E-state index in [0.29, 0.717) is 11.4 Å². The van der Waals surface area contributed by atoms with Gasteiger partial charge in [-0.05, 0) is 55.5 Å². The molecule has 0 saturated carbocycles. The van der Waals surface area contributed by atoms with Crippen LogP contribution in [-0.4, -0.2) is 24.6 Å². The summed E-state index contributed by atoms with van der Waals surface area (Å²) in [5.41, 5.74) is 0.414. The fourth-order valence-electron chi connectivity index (χ4n) is 1.75. The zero-order valence-corrected chi connectivity index (χ0v) is 14.4. The van der Waals surface area contributed by atoms with Crippen molar-refractivity contribution in [1.82, 2.24) is 0 Å². The lowest BCUT2D eigenvalue weighted by molar-refractivity contribution is -0.153. The third-order valence-electron chi connectivity index (χ3n) is 2.93. The SMILES string of the molecule is C[C@H](Oc1ccc(Br)cc1)C(=O)OCC(=O)Nc1ccc(F)cc1. The number of carbonyl (C=O) groups excluding carboxylic acids is 2. The lowest BCUT2D eigenvalue weighted by atomic mass is 10.3. The molecule has 2 aromatic rings. The number of nitrogens with one attached hydrogen (secondary N) is 1. The maximum Gasteiger partial charge on any atom is 0.347 e. The van der Waals surface area contributed by atoms with Crippen LogP contribution in [0.1, 0.15) is 6.92 Å². The fourth-order valence-corrected chi connectivity index (χ4v) is 2.01. The highest BCUT2D eigenvalue weighted by molar-refractivity contribution is 9.10. The first kappa shape index (κ1) is 17.9. The van der Waals surface area contributed by atoms with E-state index in [4.69, 9.17) is 9.47 Å². The molecule has 0 saturated heterocycles. The Hall–Kier alpha value is -2.41. The second kappa shape index (κ2) is 8.44. The van der Waals surface area contributed by atoms with Gasteiger partial charge >= 0.3 is 5.97 Å². The van der Waals surface area contributed by atoms with Crippen LogP contribution in [0.4, 0.5) is 10.1 Å². The summed E-state index contributed by atoms with van der Waals surface area (Å²) in [4.78, 5) is 23.5. The molecule has 0 aliphatic rings. The van der Waals surface area contributed by atoms with Gasteiger partial charge in [-0.15, -0.1) is 0 Å². The van der Waals surface area contributed by atoms with Crippen molar-refractivity contribution in [2.45, 2.75) is 13.0 Å². The standard InChI is InChI=1S/C17H15BrFNO4/c1-11(24-15-8-2-12(18)3-9-15)17(22)23-10-16(21)20-14-6-4-13(19)5-7-14/h2-9,11H,10H2,1H3,(H,20,21)/t11-/m0/s1. The molecule has 24 heavy (non-hydrogen) atoms. The van der Waals surface area contributed by atoms with E-state index >= 15 is 0 Å². The zero-order chi connectivity index (χ0) is 17.5. The smallest absolute Gasteiger partial charge is 0.347 e. The average molecular weight is 396 g/mol. The van der Waals surface area contributed by atoms with Crippen molar-refractivity contribution >= 4 is 33.5 Å². The summed E-state index contributed by atoms with van der Waals surface area (Å²) in [6.45, 7) is 1.08. The molecule has 0 spiro atoms. The van der Waals surface area contributed by atoms with Gasteiger partial charge in [-0.25, -0.2) is 9.18 Å². The van der Waals surface area contributed by atoms with Gasteiger partial charge in [-0.2, -0.15) is 0 Å². The van der Waals surface area contributed by atoms with E-state index in [2.05, 4.69) is 21.2 Å². The number of anilines is 1. The monoisotopic (exact) mass is 395 g/mol. The van der Waals surface area contributed by atoms with Crippen LogP contribution in [0.15, 0.2) is 53.0 Å². The van der Waals surface area contributed by atoms with Gasteiger partial charge in [0.15, 0.2) is 12.7 Å². The molecule has 0 unspecified atom stereocenters. The molecule has 126 valence electrons. The van der Waals surface area contributed by atoms with E-state index in [-0.39, 0.29) is 0 Å². The van der Waals surface area contributed by atoms with E-state index in [9.17, 15) is 14.0 Å². The van der Waals surface area contributed by atoms with E-state index in [1.807, 2.05) is 0 Å². The lowest BCUT2D eigenvalue weighted by Crippen LogP contribution is -2.29. The molecule has 0 aliphatic carbocycles. The molecule has 1 atom stereocenters. The van der Waals surface area contributed by atoms with Crippen molar-refractivity contribution in [3.63, 3.8) is 0 Å². The Bertz CT molecular complexity index is 704. The number of hydrogen-bond acceptors (Lipinski definition) is 4. The molecule has 2 aromatic carbocycles. The molecule has 1 amide bonds. The summed E-state index contributed by atoms with van der Waals surface area (Å²) in [7, 11) is 0. The van der Waals surface area contributed by atoms with Crippen LogP contribution in [0.5, 0.6) is 5.75 Å². The Labute approximate surface area is 146 Å². The number of amides is 1. The van der Waals surface area contributed by atoms with Gasteiger partial charge in [0.05, 0.1) is 0 Å². The molecule has 0 radical (unpaired) electrons. The fraction of sp³-hybridized carbons (Fsp3) is 0.176. The first-order chi connectivity index (χ1) is 11.4. The van der Waals surface area contributed by atoms with Gasteiger partial charge in [0.25, 0.3) is 5.91 Å². The topological polar surface area (TPSA) is 64.6 Å². The maximum absolute atomic E-state index is 12.8. The van der Waals surface area contributed by atoms with Gasteiger partial charge < -0.3 is 14.8 Å². The van der Waals surface area contributed by atoms with Crippen LogP contribution < -0.4 is 10.1 Å². The first-order valence-corrected chi connectivity index (χ1v) is 7.87. The lowest BCUT2D eigenvalue weighted by Gasteiger charge is -2.14. The highest BCUT2D eigenvalue weighted by atomic mass is 79.9. The van der Waals surface area contributed by atoms with Crippen LogP contribution >= 0.6 is 15.9 Å². The molecule has 0 aromatic heterocycles. The number of hydrogen-bond donors (Lipinski definition) is 1. The number of ether oxygens (including phenoxy) is 2. The Morgan fingerprint density at radius 3 is 2.38 bits per heavy atom. The predicted octanol–water partition coefficient (Wildman–Crippen LogP) is 3.54. The van der Waals surface area contributed by atoms with Gasteiger partial charge in [-0.1, -0.05) is 15.9 Å². The number of rotatable bonds is 6. The number of carbonyl (C=O) groups is 2. The molecule has 1 N–H and O–H groups in total. The molecule has 7 heteroatoms. The Morgan fingerprint density at radius 2 is 1.75 bits per heavy atom. The van der Waals surface area contributed by atoms with Crippen LogP contribution in [0, 0.1) is 5.82 Å². The molecule has 0 heterocycles. The van der Waals surface area contributed by atoms with E-state index in [0.717, 1.165) is 4.47 Å². The van der Waals surface area contributed by atoms with E-state index < -0.39 is 30.4 Å². The van der Waals surface area contributed by atoms with Gasteiger partial charge in [0.1, 0.15) is 11.6 Å². The van der Waals surface area contributed by atoms with Crippen LogP contribution in [0.2, 0.25) is 0 Å². The molecular weight excluding hydrogens is 381 g/mol. The predicted molar refractivity (Wildman–Crippen MR) is 90.2 cm³/mol. The summed E-state index contributed by atoms with van der Waals surface area (Å²) in [5.74, 6) is -1.07. The number of halogens is 2. The Morgan fingerprint density at radius 1 is 1.12 bits per heavy atom. The van der Waals surface area contributed by atoms with Crippen LogP contribution in [0.3, 0.4) is 0 Å². The quantitative estimate of drug-likeness (QED) is 0.759. The molecule has 0 aliphatic heterocycles. The van der Waals surface area contributed by atoms with Crippen molar-refractivity contribution in [2.75, 3.05) is 11.9 Å². The van der Waals surface area contributed by atoms with Crippen molar-refractivity contribution in [3.05, 3.63) is 58.8 Å². The van der Waals surface area contributed by atoms with Crippen LogP contribution in [-0.2, 0) is 14.3 Å². The Balaban J connectivity index is 1.77. The minimum absolute atomic E-state index is 0.404. The molecular formula is C17H15BrFNO4. The molecule has 0 fully saturated rings. The highest BCUT2D eigenvalue weighted by Crippen LogP contribution is 2.17. The maximum atomic E-state index is 12.8. The van der Waals surface area contributed by atoms with Crippen molar-refractivity contribution < 1.29 is 23.5 Å². The normalized spacial score (nSPS) is 11.5. The summed E-state index contributed by atoms with van der Waals surface area (Å²) in [5, 5.41) is 2.49. The first-order valence-electron chi connectivity index (χ1n) is 7.08. The van der Waals surface area contributed by atoms with Crippen molar-refractivity contribution in [1.29, 1.82) is 0 Å². The van der Waals surface area contributed by atoms with Gasteiger partial charge in [-0.3, -0.25) is 4.79 Å². The summed E-state index contributed by atoms with van der Waals surface area (Å²) < 4.78 is 24.0. The van der Waals surface area contributed by atoms with Gasteiger partial charge in [0.2, 0.25) is 0 Å².